The number of para-hydroxylation sites is 1. The van der Waals surface area contributed by atoms with E-state index in [-0.39, 0.29) is 11.7 Å². The average molecular weight is 484 g/mol. The summed E-state index contributed by atoms with van der Waals surface area (Å²) < 4.78 is 26.3. The van der Waals surface area contributed by atoms with Crippen LogP contribution in [0.15, 0.2) is 66.7 Å². The van der Waals surface area contributed by atoms with Gasteiger partial charge >= 0.3 is 0 Å². The number of benzene rings is 2. The van der Waals surface area contributed by atoms with Crippen LogP contribution in [0.5, 0.6) is 0 Å². The summed E-state index contributed by atoms with van der Waals surface area (Å²) >= 11 is 7.49. The number of nitrogens with one attached hydrogen (secondary N) is 1. The fraction of sp³-hybridized carbons (Fsp3) is 0.130. The van der Waals surface area contributed by atoms with E-state index in [1.807, 2.05) is 30.3 Å². The minimum atomic E-state index is -3.24. The van der Waals surface area contributed by atoms with E-state index in [1.165, 1.54) is 15.6 Å². The zero-order valence-corrected chi connectivity index (χ0v) is 19.2. The van der Waals surface area contributed by atoms with Crippen molar-refractivity contribution in [1.82, 2.24) is 4.98 Å². The summed E-state index contributed by atoms with van der Waals surface area (Å²) in [6.45, 7) is 0.479. The number of halogens is 1. The Bertz CT molecular complexity index is 1430. The number of carbonyl (C=O) groups excluding carboxylic acids is 1. The van der Waals surface area contributed by atoms with Crippen LogP contribution in [0.4, 0.5) is 11.4 Å². The van der Waals surface area contributed by atoms with Gasteiger partial charge in [0.25, 0.3) is 5.91 Å². The predicted octanol–water partition coefficient (Wildman–Crippen LogP) is 5.41. The molecule has 0 saturated carbocycles. The highest BCUT2D eigenvalue weighted by atomic mass is 35.5. The van der Waals surface area contributed by atoms with Crippen LogP contribution in [0, 0.1) is 0 Å². The number of sulfonamides is 1. The number of fused-ring (bicyclic) bond motifs is 1. The third-order valence-electron chi connectivity index (χ3n) is 5.30. The molecule has 1 N–H and O–H groups in total. The lowest BCUT2D eigenvalue weighted by atomic mass is 10.1. The third-order valence-corrected chi connectivity index (χ3v) is 8.42. The van der Waals surface area contributed by atoms with Crippen molar-refractivity contribution < 1.29 is 13.2 Å². The van der Waals surface area contributed by atoms with Gasteiger partial charge < -0.3 is 5.32 Å². The lowest BCUT2D eigenvalue weighted by molar-refractivity contribution is 0.102. The van der Waals surface area contributed by atoms with Crippen molar-refractivity contribution in [3.8, 4) is 10.6 Å². The molecule has 0 bridgehead atoms. The van der Waals surface area contributed by atoms with Crippen LogP contribution < -0.4 is 9.62 Å². The minimum absolute atomic E-state index is 0.165. The zero-order chi connectivity index (χ0) is 22.3. The van der Waals surface area contributed by atoms with Crippen molar-refractivity contribution in [2.45, 2.75) is 6.42 Å². The van der Waals surface area contributed by atoms with E-state index in [0.717, 1.165) is 10.3 Å². The first-order chi connectivity index (χ1) is 15.4. The van der Waals surface area contributed by atoms with Crippen LogP contribution in [-0.4, -0.2) is 31.6 Å². The highest BCUT2D eigenvalue weighted by Gasteiger charge is 2.28. The van der Waals surface area contributed by atoms with Gasteiger partial charge in [-0.2, -0.15) is 0 Å². The van der Waals surface area contributed by atoms with Gasteiger partial charge in [0.05, 0.1) is 37.4 Å². The van der Waals surface area contributed by atoms with Crippen LogP contribution in [0.2, 0.25) is 4.34 Å². The van der Waals surface area contributed by atoms with E-state index in [4.69, 9.17) is 11.6 Å². The van der Waals surface area contributed by atoms with E-state index < -0.39 is 10.0 Å². The summed E-state index contributed by atoms with van der Waals surface area (Å²) in [5, 5.41) is 3.66. The maximum Gasteiger partial charge on any atom is 0.256 e. The molecule has 1 saturated heterocycles. The van der Waals surface area contributed by atoms with Gasteiger partial charge in [-0.05, 0) is 55.0 Å². The average Bonchev–Trinajstić information content (AvgIpc) is 3.38. The van der Waals surface area contributed by atoms with E-state index >= 15 is 0 Å². The molecule has 0 unspecified atom stereocenters. The summed E-state index contributed by atoms with van der Waals surface area (Å²) in [5.74, 6) is -0.104. The first kappa shape index (κ1) is 20.9. The first-order valence-electron chi connectivity index (χ1n) is 9.98. The molecule has 32 heavy (non-hydrogen) atoms. The molecule has 0 atom stereocenters. The summed E-state index contributed by atoms with van der Waals surface area (Å²) in [4.78, 5) is 18.8. The number of aromatic nitrogens is 1. The van der Waals surface area contributed by atoms with Crippen molar-refractivity contribution in [2.75, 3.05) is 21.9 Å². The second kappa shape index (κ2) is 8.20. The van der Waals surface area contributed by atoms with Crippen molar-refractivity contribution in [2.24, 2.45) is 0 Å². The Hall–Kier alpha value is -2.94. The molecule has 2 aromatic heterocycles. The molecular formula is C23H18ClN3O3S2. The molecule has 1 amide bonds. The van der Waals surface area contributed by atoms with Gasteiger partial charge in [0.15, 0.2) is 0 Å². The first-order valence-corrected chi connectivity index (χ1v) is 12.8. The van der Waals surface area contributed by atoms with Gasteiger partial charge in [-0.3, -0.25) is 9.10 Å². The molecule has 0 aliphatic carbocycles. The quantitative estimate of drug-likeness (QED) is 0.421. The molecule has 3 heterocycles. The van der Waals surface area contributed by atoms with Crippen molar-refractivity contribution >= 4 is 61.1 Å². The smallest absolute Gasteiger partial charge is 0.256 e. The van der Waals surface area contributed by atoms with Gasteiger partial charge in [-0.1, -0.05) is 29.8 Å². The Kier molecular flexibility index (Phi) is 5.36. The van der Waals surface area contributed by atoms with Gasteiger partial charge in [0.1, 0.15) is 0 Å². The predicted molar refractivity (Wildman–Crippen MR) is 130 cm³/mol. The third kappa shape index (κ3) is 3.97. The topological polar surface area (TPSA) is 79.4 Å². The number of carbonyl (C=O) groups is 1. The maximum atomic E-state index is 13.2. The largest absolute Gasteiger partial charge is 0.322 e. The highest BCUT2D eigenvalue weighted by molar-refractivity contribution is 7.93. The number of rotatable bonds is 4. The Morgan fingerprint density at radius 3 is 2.53 bits per heavy atom. The molecule has 0 radical (unpaired) electrons. The molecule has 4 aromatic rings. The number of nitrogens with zero attached hydrogens (tertiary/aromatic N) is 2. The Balaban J connectivity index is 1.46. The monoisotopic (exact) mass is 483 g/mol. The molecule has 1 aliphatic heterocycles. The number of pyridine rings is 1. The number of hydrogen-bond donors (Lipinski definition) is 1. The molecular weight excluding hydrogens is 466 g/mol. The fourth-order valence-corrected chi connectivity index (χ4v) is 6.35. The van der Waals surface area contributed by atoms with E-state index in [9.17, 15) is 13.2 Å². The van der Waals surface area contributed by atoms with E-state index in [0.29, 0.717) is 45.5 Å². The minimum Gasteiger partial charge on any atom is -0.322 e. The van der Waals surface area contributed by atoms with Gasteiger partial charge in [-0.15, -0.1) is 11.3 Å². The highest BCUT2D eigenvalue weighted by Crippen LogP contribution is 2.33. The lowest BCUT2D eigenvalue weighted by Crippen LogP contribution is -2.25. The Labute approximate surface area is 194 Å². The SMILES string of the molecule is O=C(Nc1ccc(N2CCCS2(=O)=O)cc1)c1cc(-c2ccc(Cl)s2)nc2ccccc12. The normalized spacial score (nSPS) is 15.2. The standard InChI is InChI=1S/C23H18ClN3O3S2/c24-22-11-10-21(31-22)20-14-18(17-4-1-2-5-19(17)26-20)23(28)25-15-6-8-16(9-7-15)27-12-3-13-32(27,29)30/h1-2,4-11,14H,3,12-13H2,(H,25,28). The van der Waals surface area contributed by atoms with Crippen molar-refractivity contribution in [3.63, 3.8) is 0 Å². The van der Waals surface area contributed by atoms with Gasteiger partial charge in [0.2, 0.25) is 10.0 Å². The second-order valence-electron chi connectivity index (χ2n) is 7.42. The van der Waals surface area contributed by atoms with E-state index in [1.54, 1.807) is 36.4 Å². The number of amides is 1. The Morgan fingerprint density at radius 1 is 1.06 bits per heavy atom. The molecule has 162 valence electrons. The van der Waals surface area contributed by atoms with Crippen LogP contribution in [0.3, 0.4) is 0 Å². The van der Waals surface area contributed by atoms with Crippen molar-refractivity contribution in [3.05, 3.63) is 76.6 Å². The molecule has 2 aromatic carbocycles. The molecule has 5 rings (SSSR count). The second-order valence-corrected chi connectivity index (χ2v) is 11.1. The Morgan fingerprint density at radius 2 is 1.84 bits per heavy atom. The van der Waals surface area contributed by atoms with Gasteiger partial charge in [-0.25, -0.2) is 13.4 Å². The number of anilines is 2. The summed E-state index contributed by atoms with van der Waals surface area (Å²) in [5.41, 5.74) is 3.08. The zero-order valence-electron chi connectivity index (χ0n) is 16.8. The van der Waals surface area contributed by atoms with Crippen LogP contribution in [0.1, 0.15) is 16.8 Å². The number of hydrogen-bond acceptors (Lipinski definition) is 5. The molecule has 0 spiro atoms. The van der Waals surface area contributed by atoms with Crippen LogP contribution in [-0.2, 0) is 10.0 Å². The fourth-order valence-electron chi connectivity index (χ4n) is 3.78. The van der Waals surface area contributed by atoms with Crippen molar-refractivity contribution in [1.29, 1.82) is 0 Å². The molecule has 1 aliphatic rings. The van der Waals surface area contributed by atoms with Gasteiger partial charge in [0, 0.05) is 17.6 Å². The van der Waals surface area contributed by atoms with E-state index in [2.05, 4.69) is 10.3 Å². The number of thiophene rings is 1. The summed E-state index contributed by atoms with van der Waals surface area (Å²) in [6.07, 6.45) is 0.619. The molecule has 1 fully saturated rings. The lowest BCUT2D eigenvalue weighted by Gasteiger charge is -2.17. The maximum absolute atomic E-state index is 13.2. The van der Waals surface area contributed by atoms with Crippen LogP contribution >= 0.6 is 22.9 Å². The summed E-state index contributed by atoms with van der Waals surface area (Å²) in [7, 11) is -3.24. The molecule has 9 heteroatoms. The summed E-state index contributed by atoms with van der Waals surface area (Å²) in [6, 6.07) is 19.8. The molecule has 6 nitrogen and oxygen atoms in total. The van der Waals surface area contributed by atoms with Crippen LogP contribution in [0.25, 0.3) is 21.5 Å².